The highest BCUT2D eigenvalue weighted by Gasteiger charge is 2.21. The van der Waals surface area contributed by atoms with Gasteiger partial charge in [-0.05, 0) is 47.6 Å². The smallest absolute Gasteiger partial charge is 0.287 e. The van der Waals surface area contributed by atoms with Gasteiger partial charge in [0, 0.05) is 11.9 Å². The van der Waals surface area contributed by atoms with Crippen molar-refractivity contribution >= 4 is 28.2 Å². The van der Waals surface area contributed by atoms with Gasteiger partial charge >= 0.3 is 0 Å². The van der Waals surface area contributed by atoms with Crippen molar-refractivity contribution in [2.24, 2.45) is 0 Å². The van der Waals surface area contributed by atoms with Gasteiger partial charge in [0.2, 0.25) is 0 Å². The Labute approximate surface area is 157 Å². The number of likely N-dealkylation sites (N-methyl/N-ethyl adjacent to an activating group) is 1. The Bertz CT molecular complexity index is 853. The maximum absolute atomic E-state index is 12.6. The normalized spacial score (nSPS) is 12.5. The van der Waals surface area contributed by atoms with Crippen LogP contribution in [0.15, 0.2) is 45.5 Å². The number of rotatable bonds is 8. The number of benzene rings is 1. The van der Waals surface area contributed by atoms with Crippen molar-refractivity contribution in [2.75, 3.05) is 26.7 Å². The van der Waals surface area contributed by atoms with Gasteiger partial charge in [-0.2, -0.15) is 11.3 Å². The molecule has 0 spiro atoms. The van der Waals surface area contributed by atoms with Crippen LogP contribution in [-0.4, -0.2) is 37.6 Å². The van der Waals surface area contributed by atoms with Crippen molar-refractivity contribution in [3.63, 3.8) is 0 Å². The van der Waals surface area contributed by atoms with Gasteiger partial charge in [-0.25, -0.2) is 0 Å². The third-order valence-corrected chi connectivity index (χ3v) is 5.29. The summed E-state index contributed by atoms with van der Waals surface area (Å²) in [6.45, 7) is 6.65. The van der Waals surface area contributed by atoms with Gasteiger partial charge in [0.15, 0.2) is 17.1 Å². The van der Waals surface area contributed by atoms with E-state index in [0.717, 1.165) is 18.5 Å². The van der Waals surface area contributed by atoms with Crippen molar-refractivity contribution in [1.29, 1.82) is 0 Å². The van der Waals surface area contributed by atoms with E-state index < -0.39 is 0 Å². The van der Waals surface area contributed by atoms with E-state index in [4.69, 9.17) is 9.15 Å². The van der Waals surface area contributed by atoms with Crippen molar-refractivity contribution < 1.29 is 13.9 Å². The Morgan fingerprint density at radius 1 is 1.31 bits per heavy atom. The van der Waals surface area contributed by atoms with Gasteiger partial charge in [0.05, 0.1) is 13.2 Å². The number of carbonyl (C=O) groups excluding carboxylic acids is 1. The van der Waals surface area contributed by atoms with E-state index in [1.807, 2.05) is 18.2 Å². The molecule has 0 bridgehead atoms. The zero-order chi connectivity index (χ0) is 18.5. The van der Waals surface area contributed by atoms with Crippen molar-refractivity contribution in [2.45, 2.75) is 19.9 Å². The molecule has 1 unspecified atom stereocenters. The Balaban J connectivity index is 1.76. The Morgan fingerprint density at radius 3 is 2.77 bits per heavy atom. The standard InChI is InChI=1S/C20H24N2O3S/c1-4-22(5-2)16(15-9-10-26-13-15)12-21-20(23)18-11-14-7-6-8-17(24-3)19(14)25-18/h6-11,13,16H,4-5,12H2,1-3H3,(H,21,23). The fraction of sp³-hybridized carbons (Fsp3) is 0.350. The van der Waals surface area contributed by atoms with Gasteiger partial charge in [-0.1, -0.05) is 26.0 Å². The molecular weight excluding hydrogens is 348 g/mol. The second kappa shape index (κ2) is 8.38. The van der Waals surface area contributed by atoms with Crippen molar-refractivity contribution in [1.82, 2.24) is 10.2 Å². The molecule has 0 fully saturated rings. The number of hydrogen-bond donors (Lipinski definition) is 1. The van der Waals surface area contributed by atoms with E-state index in [1.54, 1.807) is 24.5 Å². The molecule has 2 heterocycles. The molecule has 1 atom stereocenters. The highest BCUT2D eigenvalue weighted by Crippen LogP contribution is 2.28. The zero-order valence-corrected chi connectivity index (χ0v) is 16.1. The summed E-state index contributed by atoms with van der Waals surface area (Å²) in [5.41, 5.74) is 1.82. The topological polar surface area (TPSA) is 54.7 Å². The maximum Gasteiger partial charge on any atom is 0.287 e. The van der Waals surface area contributed by atoms with E-state index in [0.29, 0.717) is 23.6 Å². The number of nitrogens with one attached hydrogen (secondary N) is 1. The number of ether oxygens (including phenoxy) is 1. The van der Waals surface area contributed by atoms with Crippen LogP contribution in [0.1, 0.15) is 36.0 Å². The average molecular weight is 372 g/mol. The van der Waals surface area contributed by atoms with Crippen LogP contribution >= 0.6 is 11.3 Å². The summed E-state index contributed by atoms with van der Waals surface area (Å²) in [6.07, 6.45) is 0. The number of methoxy groups -OCH3 is 1. The first-order chi connectivity index (χ1) is 12.7. The Hall–Kier alpha value is -2.31. The number of thiophene rings is 1. The first-order valence-corrected chi connectivity index (χ1v) is 9.73. The van der Waals surface area contributed by atoms with Crippen LogP contribution in [0.4, 0.5) is 0 Å². The summed E-state index contributed by atoms with van der Waals surface area (Å²) < 4.78 is 11.0. The van der Waals surface area contributed by atoms with E-state index in [1.165, 1.54) is 5.56 Å². The van der Waals surface area contributed by atoms with E-state index in [2.05, 4.69) is 40.9 Å². The highest BCUT2D eigenvalue weighted by atomic mass is 32.1. The van der Waals surface area contributed by atoms with E-state index in [9.17, 15) is 4.79 Å². The van der Waals surface area contributed by atoms with Gasteiger partial charge < -0.3 is 14.5 Å². The predicted octanol–water partition coefficient (Wildman–Crippen LogP) is 4.32. The van der Waals surface area contributed by atoms with Gasteiger partial charge in [0.1, 0.15) is 0 Å². The molecule has 0 aliphatic heterocycles. The van der Waals surface area contributed by atoms with Gasteiger partial charge in [-0.15, -0.1) is 0 Å². The highest BCUT2D eigenvalue weighted by molar-refractivity contribution is 7.07. The third kappa shape index (κ3) is 3.76. The van der Waals surface area contributed by atoms with Crippen LogP contribution < -0.4 is 10.1 Å². The minimum atomic E-state index is -0.212. The lowest BCUT2D eigenvalue weighted by Gasteiger charge is -2.29. The molecule has 1 aromatic carbocycles. The minimum Gasteiger partial charge on any atom is -0.493 e. The lowest BCUT2D eigenvalue weighted by molar-refractivity contribution is 0.0909. The number of carbonyl (C=O) groups is 1. The summed E-state index contributed by atoms with van der Waals surface area (Å²) >= 11 is 1.67. The molecule has 0 saturated heterocycles. The molecular formula is C20H24N2O3S. The Kier molecular flexibility index (Phi) is 5.96. The number of hydrogen-bond acceptors (Lipinski definition) is 5. The monoisotopic (exact) mass is 372 g/mol. The second-order valence-corrected chi connectivity index (χ2v) is 6.77. The lowest BCUT2D eigenvalue weighted by Crippen LogP contribution is -2.37. The van der Waals surface area contributed by atoms with Gasteiger partial charge in [-0.3, -0.25) is 9.69 Å². The molecule has 0 aliphatic rings. The first kappa shape index (κ1) is 18.5. The number of nitrogens with zero attached hydrogens (tertiary/aromatic N) is 1. The van der Waals surface area contributed by atoms with Crippen molar-refractivity contribution in [3.8, 4) is 5.75 Å². The fourth-order valence-corrected chi connectivity index (χ4v) is 3.88. The average Bonchev–Trinajstić information content (AvgIpc) is 3.34. The van der Waals surface area contributed by atoms with Crippen LogP contribution in [0.3, 0.4) is 0 Å². The summed E-state index contributed by atoms with van der Waals surface area (Å²) in [5, 5.41) is 8.09. The summed E-state index contributed by atoms with van der Waals surface area (Å²) in [7, 11) is 1.59. The molecule has 3 aromatic rings. The molecule has 138 valence electrons. The fourth-order valence-electron chi connectivity index (χ4n) is 3.17. The largest absolute Gasteiger partial charge is 0.493 e. The summed E-state index contributed by atoms with van der Waals surface area (Å²) in [5.74, 6) is 0.713. The summed E-state index contributed by atoms with van der Waals surface area (Å²) in [6, 6.07) is 9.63. The molecule has 3 rings (SSSR count). The van der Waals surface area contributed by atoms with E-state index in [-0.39, 0.29) is 11.9 Å². The zero-order valence-electron chi connectivity index (χ0n) is 15.3. The molecule has 1 N–H and O–H groups in total. The lowest BCUT2D eigenvalue weighted by atomic mass is 10.1. The molecule has 2 aromatic heterocycles. The summed E-state index contributed by atoms with van der Waals surface area (Å²) in [4.78, 5) is 15.0. The number of furan rings is 1. The van der Waals surface area contributed by atoms with Crippen LogP contribution in [0, 0.1) is 0 Å². The Morgan fingerprint density at radius 2 is 2.12 bits per heavy atom. The molecule has 0 radical (unpaired) electrons. The van der Waals surface area contributed by atoms with Crippen LogP contribution in [0.5, 0.6) is 5.75 Å². The first-order valence-electron chi connectivity index (χ1n) is 8.78. The molecule has 0 aliphatic carbocycles. The molecule has 1 amide bonds. The molecule has 26 heavy (non-hydrogen) atoms. The number of amides is 1. The maximum atomic E-state index is 12.6. The SMILES string of the molecule is CCN(CC)C(CNC(=O)c1cc2cccc(OC)c2o1)c1ccsc1. The molecule has 0 saturated carbocycles. The van der Waals surface area contributed by atoms with Crippen LogP contribution in [0.25, 0.3) is 11.0 Å². The van der Waals surface area contributed by atoms with E-state index >= 15 is 0 Å². The second-order valence-electron chi connectivity index (χ2n) is 5.99. The van der Waals surface area contributed by atoms with Gasteiger partial charge in [0.25, 0.3) is 5.91 Å². The van der Waals surface area contributed by atoms with Crippen molar-refractivity contribution in [3.05, 3.63) is 52.4 Å². The van der Waals surface area contributed by atoms with Crippen LogP contribution in [0.2, 0.25) is 0 Å². The minimum absolute atomic E-state index is 0.152. The molecule has 5 nitrogen and oxygen atoms in total. The molecule has 6 heteroatoms. The predicted molar refractivity (Wildman–Crippen MR) is 105 cm³/mol. The quantitative estimate of drug-likeness (QED) is 0.640. The number of para-hydroxylation sites is 1. The third-order valence-electron chi connectivity index (χ3n) is 4.59. The number of fused-ring (bicyclic) bond motifs is 1. The van der Waals surface area contributed by atoms with Crippen LogP contribution in [-0.2, 0) is 0 Å².